The molecule has 1 aliphatic carbocycles. The SMILES string of the molecule is N#C[C@@]1(CO)[C@H](S(=O)(=O)c2ccc(Cl)cc2)[C@@H]1c1ccc2c(c1)OCO2. The molecular weight excluding hydrogens is 378 g/mol. The third-order valence-corrected chi connectivity index (χ3v) is 7.50. The Bertz CT molecular complexity index is 1010. The van der Waals surface area contributed by atoms with Crippen LogP contribution in [0.3, 0.4) is 0 Å². The van der Waals surface area contributed by atoms with Gasteiger partial charge in [0.05, 0.1) is 22.8 Å². The van der Waals surface area contributed by atoms with Crippen LogP contribution in [-0.4, -0.2) is 32.2 Å². The molecule has 26 heavy (non-hydrogen) atoms. The molecule has 0 radical (unpaired) electrons. The summed E-state index contributed by atoms with van der Waals surface area (Å²) in [5, 5.41) is 18.9. The van der Waals surface area contributed by atoms with Crippen LogP contribution in [0, 0.1) is 16.7 Å². The van der Waals surface area contributed by atoms with Crippen molar-refractivity contribution in [2.24, 2.45) is 5.41 Å². The number of halogens is 1. The van der Waals surface area contributed by atoms with Crippen LogP contribution in [0.2, 0.25) is 5.02 Å². The zero-order valence-corrected chi connectivity index (χ0v) is 15.0. The molecule has 1 fully saturated rings. The Balaban J connectivity index is 1.77. The van der Waals surface area contributed by atoms with E-state index >= 15 is 0 Å². The third kappa shape index (κ3) is 2.37. The number of hydrogen-bond acceptors (Lipinski definition) is 6. The maximum Gasteiger partial charge on any atom is 0.231 e. The molecular formula is C18H14ClNO5S. The summed E-state index contributed by atoms with van der Waals surface area (Å²) >= 11 is 5.83. The van der Waals surface area contributed by atoms with E-state index in [1.165, 1.54) is 24.3 Å². The minimum Gasteiger partial charge on any atom is -0.454 e. The molecule has 1 saturated carbocycles. The van der Waals surface area contributed by atoms with E-state index in [2.05, 4.69) is 0 Å². The molecule has 0 spiro atoms. The second kappa shape index (κ2) is 5.88. The Morgan fingerprint density at radius 3 is 2.54 bits per heavy atom. The van der Waals surface area contributed by atoms with E-state index in [0.717, 1.165) is 0 Å². The lowest BCUT2D eigenvalue weighted by Gasteiger charge is -2.06. The van der Waals surface area contributed by atoms with E-state index in [9.17, 15) is 18.8 Å². The highest BCUT2D eigenvalue weighted by Crippen LogP contribution is 2.64. The molecule has 0 saturated heterocycles. The first kappa shape index (κ1) is 17.2. The Morgan fingerprint density at radius 1 is 1.19 bits per heavy atom. The van der Waals surface area contributed by atoms with Crippen molar-refractivity contribution in [3.05, 3.63) is 53.1 Å². The number of sulfone groups is 1. The van der Waals surface area contributed by atoms with Gasteiger partial charge in [0, 0.05) is 10.9 Å². The quantitative estimate of drug-likeness (QED) is 0.860. The number of ether oxygens (including phenoxy) is 2. The van der Waals surface area contributed by atoms with E-state index < -0.39 is 33.0 Å². The number of aliphatic hydroxyl groups excluding tert-OH is 1. The van der Waals surface area contributed by atoms with Crippen LogP contribution < -0.4 is 9.47 Å². The minimum absolute atomic E-state index is 0.0724. The molecule has 3 atom stereocenters. The van der Waals surface area contributed by atoms with Crippen LogP contribution >= 0.6 is 11.6 Å². The Kier molecular flexibility index (Phi) is 3.88. The van der Waals surface area contributed by atoms with Crippen molar-refractivity contribution in [2.75, 3.05) is 13.4 Å². The van der Waals surface area contributed by atoms with E-state index in [1.807, 2.05) is 6.07 Å². The molecule has 0 amide bonds. The number of aliphatic hydroxyl groups is 1. The number of nitriles is 1. The van der Waals surface area contributed by atoms with Gasteiger partial charge in [-0.1, -0.05) is 17.7 Å². The second-order valence-electron chi connectivity index (χ2n) is 6.32. The number of benzene rings is 2. The van der Waals surface area contributed by atoms with Crippen LogP contribution in [0.4, 0.5) is 0 Å². The second-order valence-corrected chi connectivity index (χ2v) is 8.83. The third-order valence-electron chi connectivity index (χ3n) is 4.96. The predicted octanol–water partition coefficient (Wildman–Crippen LogP) is 2.51. The number of nitrogens with zero attached hydrogens (tertiary/aromatic N) is 1. The van der Waals surface area contributed by atoms with Crippen LogP contribution in [0.1, 0.15) is 11.5 Å². The van der Waals surface area contributed by atoms with Gasteiger partial charge in [-0.15, -0.1) is 0 Å². The summed E-state index contributed by atoms with van der Waals surface area (Å²) in [6, 6.07) is 12.9. The van der Waals surface area contributed by atoms with Crippen molar-refractivity contribution < 1.29 is 23.0 Å². The fraction of sp³-hybridized carbons (Fsp3) is 0.278. The Hall–Kier alpha value is -2.27. The molecule has 134 valence electrons. The van der Waals surface area contributed by atoms with Gasteiger partial charge in [0.2, 0.25) is 6.79 Å². The van der Waals surface area contributed by atoms with Gasteiger partial charge >= 0.3 is 0 Å². The Morgan fingerprint density at radius 2 is 1.88 bits per heavy atom. The number of hydrogen-bond donors (Lipinski definition) is 1. The van der Waals surface area contributed by atoms with Crippen LogP contribution in [0.25, 0.3) is 0 Å². The van der Waals surface area contributed by atoms with E-state index in [-0.39, 0.29) is 11.7 Å². The molecule has 0 bridgehead atoms. The van der Waals surface area contributed by atoms with Crippen molar-refractivity contribution in [3.8, 4) is 17.6 Å². The molecule has 1 heterocycles. The first-order valence-electron chi connectivity index (χ1n) is 7.85. The normalized spacial score (nSPS) is 26.3. The first-order chi connectivity index (χ1) is 12.4. The summed E-state index contributed by atoms with van der Waals surface area (Å²) in [4.78, 5) is 0.0724. The minimum atomic E-state index is -3.84. The summed E-state index contributed by atoms with van der Waals surface area (Å²) in [6.07, 6.45) is 0. The zero-order chi connectivity index (χ0) is 18.5. The van der Waals surface area contributed by atoms with Crippen molar-refractivity contribution in [2.45, 2.75) is 16.1 Å². The van der Waals surface area contributed by atoms with Gasteiger partial charge < -0.3 is 14.6 Å². The summed E-state index contributed by atoms with van der Waals surface area (Å²) in [5.41, 5.74) is -0.779. The molecule has 0 aromatic heterocycles. The fourth-order valence-electron chi connectivity index (χ4n) is 3.57. The fourth-order valence-corrected chi connectivity index (χ4v) is 6.01. The number of fused-ring (bicyclic) bond motifs is 1. The topological polar surface area (TPSA) is 96.6 Å². The highest BCUT2D eigenvalue weighted by Gasteiger charge is 2.72. The monoisotopic (exact) mass is 391 g/mol. The van der Waals surface area contributed by atoms with Crippen molar-refractivity contribution in [1.82, 2.24) is 0 Å². The maximum absolute atomic E-state index is 13.1. The van der Waals surface area contributed by atoms with Crippen LogP contribution in [0.15, 0.2) is 47.4 Å². The van der Waals surface area contributed by atoms with Gasteiger partial charge in [0.15, 0.2) is 21.3 Å². The largest absolute Gasteiger partial charge is 0.454 e. The molecule has 1 N–H and O–H groups in total. The van der Waals surface area contributed by atoms with Gasteiger partial charge in [-0.05, 0) is 42.0 Å². The maximum atomic E-state index is 13.1. The average Bonchev–Trinajstić information content (AvgIpc) is 3.12. The zero-order valence-electron chi connectivity index (χ0n) is 13.4. The molecule has 2 aromatic carbocycles. The lowest BCUT2D eigenvalue weighted by molar-refractivity contribution is 0.174. The molecule has 4 rings (SSSR count). The molecule has 2 aromatic rings. The lowest BCUT2D eigenvalue weighted by Crippen LogP contribution is -2.18. The summed E-state index contributed by atoms with van der Waals surface area (Å²) in [5.74, 6) is 0.410. The molecule has 8 heteroatoms. The van der Waals surface area contributed by atoms with Gasteiger partial charge in [-0.2, -0.15) is 5.26 Å². The van der Waals surface area contributed by atoms with Gasteiger partial charge in [0.25, 0.3) is 0 Å². The van der Waals surface area contributed by atoms with E-state index in [0.29, 0.717) is 22.1 Å². The molecule has 6 nitrogen and oxygen atoms in total. The Labute approximate surface area is 155 Å². The van der Waals surface area contributed by atoms with E-state index in [1.54, 1.807) is 18.2 Å². The lowest BCUT2D eigenvalue weighted by atomic mass is 10.0. The highest BCUT2D eigenvalue weighted by atomic mass is 35.5. The van der Waals surface area contributed by atoms with Crippen molar-refractivity contribution in [3.63, 3.8) is 0 Å². The first-order valence-corrected chi connectivity index (χ1v) is 9.77. The average molecular weight is 392 g/mol. The molecule has 0 unspecified atom stereocenters. The predicted molar refractivity (Wildman–Crippen MR) is 92.9 cm³/mol. The van der Waals surface area contributed by atoms with Gasteiger partial charge in [-0.25, -0.2) is 8.42 Å². The van der Waals surface area contributed by atoms with Crippen LogP contribution in [0.5, 0.6) is 11.5 Å². The summed E-state index contributed by atoms with van der Waals surface area (Å²) < 4.78 is 36.8. The highest BCUT2D eigenvalue weighted by molar-refractivity contribution is 7.92. The molecule has 1 aliphatic heterocycles. The summed E-state index contributed by atoms with van der Waals surface area (Å²) in [7, 11) is -3.84. The number of rotatable bonds is 4. The van der Waals surface area contributed by atoms with Crippen molar-refractivity contribution >= 4 is 21.4 Å². The van der Waals surface area contributed by atoms with Crippen LogP contribution in [-0.2, 0) is 9.84 Å². The van der Waals surface area contributed by atoms with E-state index in [4.69, 9.17) is 21.1 Å². The standard InChI is InChI=1S/C18H14ClNO5S/c19-12-2-4-13(5-3-12)26(22,23)17-16(18(17,8-20)9-21)11-1-6-14-15(7-11)25-10-24-14/h1-7,16-17,21H,9-10H2/t16-,17+,18-/m0/s1. The summed E-state index contributed by atoms with van der Waals surface area (Å²) in [6.45, 7) is -0.459. The van der Waals surface area contributed by atoms with Gasteiger partial charge in [-0.3, -0.25) is 0 Å². The smallest absolute Gasteiger partial charge is 0.231 e. The van der Waals surface area contributed by atoms with Gasteiger partial charge in [0.1, 0.15) is 5.41 Å². The molecule has 2 aliphatic rings. The van der Waals surface area contributed by atoms with Crippen molar-refractivity contribution in [1.29, 1.82) is 5.26 Å².